The Hall–Kier alpha value is -0.680. The van der Waals surface area contributed by atoms with Crippen LogP contribution in [0, 0.1) is 6.92 Å². The van der Waals surface area contributed by atoms with Gasteiger partial charge in [-0.25, -0.2) is 8.93 Å². The van der Waals surface area contributed by atoms with Gasteiger partial charge in [0.05, 0.1) is 21.9 Å². The second kappa shape index (κ2) is 5.31. The Balaban J connectivity index is 2.87. The summed E-state index contributed by atoms with van der Waals surface area (Å²) in [4.78, 5) is 0. The molecular formula is C12H23N3OS. The molecule has 5 heteroatoms. The molecule has 1 aromatic heterocycles. The normalized spacial score (nSPS) is 15.9. The summed E-state index contributed by atoms with van der Waals surface area (Å²) in [6.07, 6.45) is 2.75. The molecule has 1 heterocycles. The molecule has 0 spiro atoms. The Morgan fingerprint density at radius 3 is 2.47 bits per heavy atom. The molecule has 0 aromatic carbocycles. The van der Waals surface area contributed by atoms with Crippen LogP contribution in [0.25, 0.3) is 0 Å². The molecule has 0 aliphatic heterocycles. The van der Waals surface area contributed by atoms with Gasteiger partial charge in [0.2, 0.25) is 0 Å². The van der Waals surface area contributed by atoms with Crippen LogP contribution in [0.4, 0.5) is 0 Å². The molecule has 0 saturated carbocycles. The minimum atomic E-state index is -1.05. The fourth-order valence-electron chi connectivity index (χ4n) is 1.53. The lowest BCUT2D eigenvalue weighted by molar-refractivity contribution is 0.586. The van der Waals surface area contributed by atoms with E-state index in [0.29, 0.717) is 0 Å². The molecular weight excluding hydrogens is 234 g/mol. The molecule has 1 N–H and O–H groups in total. The van der Waals surface area contributed by atoms with E-state index in [1.807, 2.05) is 45.6 Å². The van der Waals surface area contributed by atoms with E-state index >= 15 is 0 Å². The Bertz CT molecular complexity index is 406. The van der Waals surface area contributed by atoms with Crippen molar-refractivity contribution in [3.63, 3.8) is 0 Å². The van der Waals surface area contributed by atoms with Gasteiger partial charge in [-0.05, 0) is 34.1 Å². The second-order valence-corrected chi connectivity index (χ2v) is 7.27. The quantitative estimate of drug-likeness (QED) is 0.899. The minimum Gasteiger partial charge on any atom is -0.273 e. The van der Waals surface area contributed by atoms with Crippen molar-refractivity contribution in [1.82, 2.24) is 14.5 Å². The van der Waals surface area contributed by atoms with Crippen LogP contribution in [0.2, 0.25) is 0 Å². The first-order valence-electron chi connectivity index (χ1n) is 5.94. The highest BCUT2D eigenvalue weighted by atomic mass is 32.2. The van der Waals surface area contributed by atoms with Gasteiger partial charge in [0.15, 0.2) is 0 Å². The topological polar surface area (TPSA) is 46.9 Å². The molecule has 1 aromatic rings. The van der Waals surface area contributed by atoms with Crippen LogP contribution < -0.4 is 4.72 Å². The molecule has 2 unspecified atom stereocenters. The summed E-state index contributed by atoms with van der Waals surface area (Å²) < 4.78 is 16.9. The van der Waals surface area contributed by atoms with E-state index in [1.54, 1.807) is 0 Å². The number of hydrogen-bond acceptors (Lipinski definition) is 2. The number of aryl methyl sites for hydroxylation is 1. The van der Waals surface area contributed by atoms with Gasteiger partial charge in [-0.2, -0.15) is 5.10 Å². The summed E-state index contributed by atoms with van der Waals surface area (Å²) in [5, 5.41) is 4.23. The third-order valence-corrected chi connectivity index (χ3v) is 4.47. The first kappa shape index (κ1) is 14.4. The lowest BCUT2D eigenvalue weighted by Gasteiger charge is -2.23. The lowest BCUT2D eigenvalue weighted by atomic mass is 10.1. The maximum absolute atomic E-state index is 12.1. The van der Waals surface area contributed by atoms with E-state index < -0.39 is 11.0 Å². The second-order valence-electron chi connectivity index (χ2n) is 5.27. The van der Waals surface area contributed by atoms with Crippen LogP contribution in [-0.4, -0.2) is 18.7 Å². The number of rotatable bonds is 4. The molecule has 0 radical (unpaired) electrons. The van der Waals surface area contributed by atoms with Crippen molar-refractivity contribution in [3.05, 3.63) is 17.5 Å². The van der Waals surface area contributed by atoms with Gasteiger partial charge in [0, 0.05) is 24.3 Å². The minimum absolute atomic E-state index is 0.101. The van der Waals surface area contributed by atoms with Crippen LogP contribution >= 0.6 is 0 Å². The summed E-state index contributed by atoms with van der Waals surface area (Å²) in [7, 11) is 0.869. The van der Waals surface area contributed by atoms with Crippen molar-refractivity contribution >= 4 is 11.0 Å². The van der Waals surface area contributed by atoms with Crippen molar-refractivity contribution in [2.45, 2.75) is 51.8 Å². The maximum atomic E-state index is 12.1. The molecule has 0 aliphatic carbocycles. The predicted octanol–water partition coefficient (Wildman–Crippen LogP) is 2.23. The molecule has 0 saturated heterocycles. The molecule has 0 fully saturated rings. The zero-order valence-electron chi connectivity index (χ0n) is 11.6. The molecule has 2 atom stereocenters. The van der Waals surface area contributed by atoms with E-state index in [0.717, 1.165) is 17.7 Å². The zero-order valence-corrected chi connectivity index (χ0v) is 12.4. The zero-order chi connectivity index (χ0) is 13.2. The largest absolute Gasteiger partial charge is 0.273 e. The number of nitrogens with zero attached hydrogens (tertiary/aromatic N) is 2. The summed E-state index contributed by atoms with van der Waals surface area (Å²) in [6, 6.07) is 0.101. The lowest BCUT2D eigenvalue weighted by Crippen LogP contribution is -2.35. The standard InChI is InChI=1S/C12H23N3OS/c1-7-11(14-17(16)12(3,4)5)10-8-13-15(6)9(10)2/h8,11,14H,7H2,1-6H3. The van der Waals surface area contributed by atoms with Crippen LogP contribution in [0.15, 0.2) is 6.20 Å². The van der Waals surface area contributed by atoms with E-state index in [4.69, 9.17) is 0 Å². The molecule has 0 bridgehead atoms. The highest BCUT2D eigenvalue weighted by Gasteiger charge is 2.24. The molecule has 1 rings (SSSR count). The van der Waals surface area contributed by atoms with Gasteiger partial charge in [-0.1, -0.05) is 6.92 Å². The van der Waals surface area contributed by atoms with Crippen molar-refractivity contribution in [2.24, 2.45) is 7.05 Å². The number of nitrogens with one attached hydrogen (secondary N) is 1. The van der Waals surface area contributed by atoms with Gasteiger partial charge in [-0.3, -0.25) is 4.68 Å². The third kappa shape index (κ3) is 3.39. The molecule has 0 amide bonds. The van der Waals surface area contributed by atoms with Crippen LogP contribution in [-0.2, 0) is 18.0 Å². The molecule has 17 heavy (non-hydrogen) atoms. The van der Waals surface area contributed by atoms with E-state index in [1.165, 1.54) is 0 Å². The van der Waals surface area contributed by atoms with Crippen molar-refractivity contribution in [2.75, 3.05) is 0 Å². The molecule has 98 valence electrons. The first-order valence-corrected chi connectivity index (χ1v) is 7.09. The Kier molecular flexibility index (Phi) is 4.49. The Labute approximate surface area is 106 Å². The fourth-order valence-corrected chi connectivity index (χ4v) is 2.44. The monoisotopic (exact) mass is 257 g/mol. The van der Waals surface area contributed by atoms with E-state index in [2.05, 4.69) is 16.7 Å². The fraction of sp³-hybridized carbons (Fsp3) is 0.750. The Morgan fingerprint density at radius 1 is 1.53 bits per heavy atom. The summed E-state index contributed by atoms with van der Waals surface area (Å²) in [6.45, 7) is 10.0. The van der Waals surface area contributed by atoms with Gasteiger partial charge < -0.3 is 0 Å². The van der Waals surface area contributed by atoms with Gasteiger partial charge in [0.1, 0.15) is 0 Å². The van der Waals surface area contributed by atoms with Crippen molar-refractivity contribution in [3.8, 4) is 0 Å². The summed E-state index contributed by atoms with van der Waals surface area (Å²) >= 11 is 0. The Morgan fingerprint density at radius 2 is 2.12 bits per heavy atom. The number of hydrogen-bond donors (Lipinski definition) is 1. The van der Waals surface area contributed by atoms with Crippen molar-refractivity contribution < 1.29 is 4.21 Å². The van der Waals surface area contributed by atoms with Crippen LogP contribution in [0.5, 0.6) is 0 Å². The van der Waals surface area contributed by atoms with Gasteiger partial charge >= 0.3 is 0 Å². The molecule has 0 aliphatic rings. The van der Waals surface area contributed by atoms with E-state index in [9.17, 15) is 4.21 Å². The highest BCUT2D eigenvalue weighted by molar-refractivity contribution is 7.84. The first-order chi connectivity index (χ1) is 7.77. The maximum Gasteiger partial charge on any atom is 0.0975 e. The highest BCUT2D eigenvalue weighted by Crippen LogP contribution is 2.22. The van der Waals surface area contributed by atoms with Crippen LogP contribution in [0.1, 0.15) is 51.4 Å². The molecule has 4 nitrogen and oxygen atoms in total. The summed E-state index contributed by atoms with van der Waals surface area (Å²) in [5.41, 5.74) is 2.25. The summed E-state index contributed by atoms with van der Waals surface area (Å²) in [5.74, 6) is 0. The van der Waals surface area contributed by atoms with Crippen molar-refractivity contribution in [1.29, 1.82) is 0 Å². The smallest absolute Gasteiger partial charge is 0.0975 e. The predicted molar refractivity (Wildman–Crippen MR) is 72.0 cm³/mol. The average molecular weight is 257 g/mol. The number of aromatic nitrogens is 2. The third-order valence-electron chi connectivity index (χ3n) is 2.86. The van der Waals surface area contributed by atoms with Gasteiger partial charge in [0.25, 0.3) is 0 Å². The van der Waals surface area contributed by atoms with E-state index in [-0.39, 0.29) is 10.8 Å². The SMILES string of the molecule is CCC(NS(=O)C(C)(C)C)c1cnn(C)c1C. The average Bonchev–Trinajstić information content (AvgIpc) is 2.55. The van der Waals surface area contributed by atoms with Crippen LogP contribution in [0.3, 0.4) is 0 Å². The van der Waals surface area contributed by atoms with Gasteiger partial charge in [-0.15, -0.1) is 0 Å².